The molecule has 1 aromatic rings. The lowest BCUT2D eigenvalue weighted by atomic mass is 10.3. The number of aliphatic carboxylic acids is 1. The molecule has 1 rings (SSSR count). The number of carboxylic acid groups (broad SMARTS) is 1. The fourth-order valence-electron chi connectivity index (χ4n) is 0.827. The van der Waals surface area contributed by atoms with Crippen LogP contribution in [0.25, 0.3) is 0 Å². The van der Waals surface area contributed by atoms with Gasteiger partial charge in [0.05, 0.1) is 0 Å². The van der Waals surface area contributed by atoms with Crippen LogP contribution in [0.1, 0.15) is 11.8 Å². The van der Waals surface area contributed by atoms with Crippen molar-refractivity contribution in [3.63, 3.8) is 0 Å². The number of carboxylic acids is 1. The van der Waals surface area contributed by atoms with Crippen molar-refractivity contribution in [3.8, 4) is 0 Å². The Morgan fingerprint density at radius 3 is 3.00 bits per heavy atom. The molecule has 0 bridgehead atoms. The predicted octanol–water partition coefficient (Wildman–Crippen LogP) is 0.893. The highest BCUT2D eigenvalue weighted by molar-refractivity contribution is 7.10. The van der Waals surface area contributed by atoms with Crippen LogP contribution in [-0.4, -0.2) is 17.1 Å². The molecule has 0 radical (unpaired) electrons. The highest BCUT2D eigenvalue weighted by Crippen LogP contribution is 2.18. The van der Waals surface area contributed by atoms with Crippen LogP contribution in [0, 0.1) is 0 Å². The lowest BCUT2D eigenvalue weighted by Crippen LogP contribution is -2.32. The van der Waals surface area contributed by atoms with E-state index < -0.39 is 12.0 Å². The predicted molar refractivity (Wildman–Crippen MR) is 52.7 cm³/mol. The average Bonchev–Trinajstić information content (AvgIpc) is 2.47. The highest BCUT2D eigenvalue weighted by atomic mass is 32.1. The molecule has 4 nitrogen and oxygen atoms in total. The minimum Gasteiger partial charge on any atom is -0.480 e. The van der Waals surface area contributed by atoms with Gasteiger partial charge in [0.1, 0.15) is 6.04 Å². The Kier molecular flexibility index (Phi) is 3.27. The first-order valence-electron chi connectivity index (χ1n) is 3.89. The summed E-state index contributed by atoms with van der Waals surface area (Å²) in [4.78, 5) is 11.4. The molecule has 1 unspecified atom stereocenters. The number of anilines is 1. The largest absolute Gasteiger partial charge is 0.480 e. The maximum absolute atomic E-state index is 10.5. The number of nitrogen functional groups attached to an aromatic ring is 1. The molecule has 1 atom stereocenters. The summed E-state index contributed by atoms with van der Waals surface area (Å²) in [5, 5.41) is 13.3. The molecule has 1 aromatic heterocycles. The fourth-order valence-corrected chi connectivity index (χ4v) is 1.58. The molecule has 13 heavy (non-hydrogen) atoms. The zero-order chi connectivity index (χ0) is 9.84. The molecule has 1 heterocycles. The van der Waals surface area contributed by atoms with Crippen molar-refractivity contribution in [3.05, 3.63) is 16.3 Å². The van der Waals surface area contributed by atoms with Crippen LogP contribution in [0.3, 0.4) is 0 Å². The van der Waals surface area contributed by atoms with Gasteiger partial charge in [-0.2, -0.15) is 0 Å². The van der Waals surface area contributed by atoms with E-state index in [4.69, 9.17) is 10.8 Å². The summed E-state index contributed by atoms with van der Waals surface area (Å²) < 4.78 is 0. The Labute approximate surface area is 80.4 Å². The molecular weight excluding hydrogens is 188 g/mol. The number of rotatable bonds is 4. The summed E-state index contributed by atoms with van der Waals surface area (Å²) >= 11 is 1.52. The Morgan fingerprint density at radius 2 is 2.54 bits per heavy atom. The van der Waals surface area contributed by atoms with Gasteiger partial charge in [-0.1, -0.05) is 0 Å². The van der Waals surface area contributed by atoms with E-state index in [9.17, 15) is 4.79 Å². The molecule has 0 fully saturated rings. The highest BCUT2D eigenvalue weighted by Gasteiger charge is 2.10. The molecule has 0 aliphatic carbocycles. The summed E-state index contributed by atoms with van der Waals surface area (Å²) in [6, 6.07) is 1.27. The third-order valence-electron chi connectivity index (χ3n) is 1.72. The second kappa shape index (κ2) is 4.25. The van der Waals surface area contributed by atoms with Crippen LogP contribution in [-0.2, 0) is 11.3 Å². The van der Waals surface area contributed by atoms with Crippen LogP contribution < -0.4 is 11.1 Å². The normalized spacial score (nSPS) is 12.7. The zero-order valence-corrected chi connectivity index (χ0v) is 8.10. The lowest BCUT2D eigenvalue weighted by molar-refractivity contribution is -0.139. The molecule has 0 aromatic carbocycles. The number of hydrogen-bond donors (Lipinski definition) is 3. The molecular formula is C8H12N2O2S. The van der Waals surface area contributed by atoms with Crippen molar-refractivity contribution in [2.24, 2.45) is 0 Å². The number of nitrogens with one attached hydrogen (secondary N) is 1. The first kappa shape index (κ1) is 10.0. The Balaban J connectivity index is 2.44. The van der Waals surface area contributed by atoms with Gasteiger partial charge in [-0.3, -0.25) is 10.1 Å². The summed E-state index contributed by atoms with van der Waals surface area (Å²) in [5.41, 5.74) is 6.34. The van der Waals surface area contributed by atoms with E-state index in [0.29, 0.717) is 6.54 Å². The Bertz CT molecular complexity index is 298. The minimum absolute atomic E-state index is 0.511. The minimum atomic E-state index is -0.852. The monoisotopic (exact) mass is 200 g/mol. The molecule has 0 amide bonds. The van der Waals surface area contributed by atoms with Gasteiger partial charge >= 0.3 is 5.97 Å². The van der Waals surface area contributed by atoms with Gasteiger partial charge in [0.25, 0.3) is 0 Å². The van der Waals surface area contributed by atoms with Gasteiger partial charge in [0, 0.05) is 17.1 Å². The van der Waals surface area contributed by atoms with Crippen LogP contribution in [0.2, 0.25) is 0 Å². The van der Waals surface area contributed by atoms with Crippen LogP contribution in [0.4, 0.5) is 5.69 Å². The van der Waals surface area contributed by atoms with E-state index in [1.165, 1.54) is 11.3 Å². The standard InChI is InChI=1S/C8H12N2O2S/c1-5(8(11)12)10-4-7-6(9)2-3-13-7/h2-3,5,10H,4,9H2,1H3,(H,11,12). The van der Waals surface area contributed by atoms with E-state index in [1.807, 2.05) is 11.4 Å². The van der Waals surface area contributed by atoms with Crippen LogP contribution >= 0.6 is 11.3 Å². The molecule has 0 saturated heterocycles. The second-order valence-corrected chi connectivity index (χ2v) is 3.74. The third-order valence-corrected chi connectivity index (χ3v) is 2.66. The van der Waals surface area contributed by atoms with E-state index in [2.05, 4.69) is 5.32 Å². The average molecular weight is 200 g/mol. The van der Waals surface area contributed by atoms with Gasteiger partial charge in [0.2, 0.25) is 0 Å². The summed E-state index contributed by atoms with van der Waals surface area (Å²) in [6.45, 7) is 2.11. The third kappa shape index (κ3) is 2.71. The molecule has 0 aliphatic rings. The first-order chi connectivity index (χ1) is 6.11. The Morgan fingerprint density at radius 1 is 1.85 bits per heavy atom. The Hall–Kier alpha value is -1.07. The van der Waals surface area contributed by atoms with Crippen molar-refractivity contribution in [2.45, 2.75) is 19.5 Å². The van der Waals surface area contributed by atoms with Crippen LogP contribution in [0.5, 0.6) is 0 Å². The smallest absolute Gasteiger partial charge is 0.320 e. The number of carbonyl (C=O) groups is 1. The molecule has 0 aliphatic heterocycles. The molecule has 72 valence electrons. The number of nitrogens with two attached hydrogens (primary N) is 1. The molecule has 5 heteroatoms. The van der Waals surface area contributed by atoms with Gasteiger partial charge in [-0.15, -0.1) is 11.3 Å². The van der Waals surface area contributed by atoms with E-state index in [-0.39, 0.29) is 0 Å². The molecule has 0 spiro atoms. The SMILES string of the molecule is CC(NCc1sccc1N)C(=O)O. The quantitative estimate of drug-likeness (QED) is 0.674. The van der Waals surface area contributed by atoms with Crippen LogP contribution in [0.15, 0.2) is 11.4 Å². The van der Waals surface area contributed by atoms with Crippen molar-refractivity contribution in [2.75, 3.05) is 5.73 Å². The first-order valence-corrected chi connectivity index (χ1v) is 4.77. The fraction of sp³-hybridized carbons (Fsp3) is 0.375. The van der Waals surface area contributed by atoms with Crippen molar-refractivity contribution in [1.29, 1.82) is 0 Å². The summed E-state index contributed by atoms with van der Waals surface area (Å²) in [6.07, 6.45) is 0. The van der Waals surface area contributed by atoms with Crippen molar-refractivity contribution in [1.82, 2.24) is 5.32 Å². The topological polar surface area (TPSA) is 75.3 Å². The van der Waals surface area contributed by atoms with E-state index in [0.717, 1.165) is 10.6 Å². The van der Waals surface area contributed by atoms with Crippen molar-refractivity contribution >= 4 is 23.0 Å². The number of thiophene rings is 1. The summed E-state index contributed by atoms with van der Waals surface area (Å²) in [7, 11) is 0. The molecule has 4 N–H and O–H groups in total. The lowest BCUT2D eigenvalue weighted by Gasteiger charge is -2.07. The number of hydrogen-bond acceptors (Lipinski definition) is 4. The van der Waals surface area contributed by atoms with Gasteiger partial charge in [-0.05, 0) is 18.4 Å². The maximum Gasteiger partial charge on any atom is 0.320 e. The van der Waals surface area contributed by atoms with E-state index in [1.54, 1.807) is 6.92 Å². The van der Waals surface area contributed by atoms with Gasteiger partial charge in [-0.25, -0.2) is 0 Å². The second-order valence-electron chi connectivity index (χ2n) is 2.74. The summed E-state index contributed by atoms with van der Waals surface area (Å²) in [5.74, 6) is -0.852. The zero-order valence-electron chi connectivity index (χ0n) is 7.28. The maximum atomic E-state index is 10.5. The van der Waals surface area contributed by atoms with E-state index >= 15 is 0 Å². The van der Waals surface area contributed by atoms with Gasteiger partial charge < -0.3 is 10.8 Å². The van der Waals surface area contributed by atoms with Crippen molar-refractivity contribution < 1.29 is 9.90 Å². The van der Waals surface area contributed by atoms with Gasteiger partial charge in [0.15, 0.2) is 0 Å². The molecule has 0 saturated carbocycles.